The SMILES string of the molecule is Nc1cc(Br)cc(-c2nnnn2Cc2ccc(Cl)cc2)c1. The topological polar surface area (TPSA) is 69.6 Å². The van der Waals surface area contributed by atoms with Gasteiger partial charge in [0.1, 0.15) is 0 Å². The Bertz CT molecular complexity index is 749. The molecule has 0 aliphatic carbocycles. The van der Waals surface area contributed by atoms with E-state index in [0.717, 1.165) is 15.6 Å². The summed E-state index contributed by atoms with van der Waals surface area (Å²) < 4.78 is 2.61. The fraction of sp³-hybridized carbons (Fsp3) is 0.0714. The number of tetrazole rings is 1. The van der Waals surface area contributed by atoms with E-state index < -0.39 is 0 Å². The van der Waals surface area contributed by atoms with E-state index in [0.29, 0.717) is 23.1 Å². The van der Waals surface area contributed by atoms with Crippen LogP contribution in [0.1, 0.15) is 5.56 Å². The number of anilines is 1. The number of rotatable bonds is 3. The van der Waals surface area contributed by atoms with Gasteiger partial charge < -0.3 is 5.73 Å². The fourth-order valence-electron chi connectivity index (χ4n) is 2.02. The van der Waals surface area contributed by atoms with Gasteiger partial charge in [-0.25, -0.2) is 4.68 Å². The Morgan fingerprint density at radius 2 is 1.90 bits per heavy atom. The van der Waals surface area contributed by atoms with Gasteiger partial charge in [0.2, 0.25) is 0 Å². The molecule has 106 valence electrons. The molecule has 3 aromatic rings. The number of hydrogen-bond acceptors (Lipinski definition) is 4. The van der Waals surface area contributed by atoms with E-state index in [9.17, 15) is 0 Å². The molecule has 0 fully saturated rings. The molecule has 5 nitrogen and oxygen atoms in total. The first kappa shape index (κ1) is 14.0. The molecule has 0 saturated heterocycles. The first-order valence-corrected chi connectivity index (χ1v) is 7.36. The Kier molecular flexibility index (Phi) is 3.90. The van der Waals surface area contributed by atoms with Crippen LogP contribution < -0.4 is 5.73 Å². The first-order chi connectivity index (χ1) is 10.1. The summed E-state index contributed by atoms with van der Waals surface area (Å²) in [5, 5.41) is 12.6. The van der Waals surface area contributed by atoms with Crippen molar-refractivity contribution in [3.05, 3.63) is 57.5 Å². The van der Waals surface area contributed by atoms with Crippen LogP contribution in [0.15, 0.2) is 46.9 Å². The highest BCUT2D eigenvalue weighted by Crippen LogP contribution is 2.24. The Labute approximate surface area is 134 Å². The summed E-state index contributed by atoms with van der Waals surface area (Å²) in [6.07, 6.45) is 0. The van der Waals surface area contributed by atoms with Crippen LogP contribution in [0, 0.1) is 0 Å². The van der Waals surface area contributed by atoms with Gasteiger partial charge in [-0.15, -0.1) is 5.10 Å². The lowest BCUT2D eigenvalue weighted by atomic mass is 10.2. The number of aromatic nitrogens is 4. The molecule has 0 unspecified atom stereocenters. The molecule has 0 spiro atoms. The van der Waals surface area contributed by atoms with Crippen molar-refractivity contribution in [2.45, 2.75) is 6.54 Å². The van der Waals surface area contributed by atoms with Gasteiger partial charge in [-0.3, -0.25) is 0 Å². The van der Waals surface area contributed by atoms with Gasteiger partial charge in [0.25, 0.3) is 0 Å². The quantitative estimate of drug-likeness (QED) is 0.723. The highest BCUT2D eigenvalue weighted by molar-refractivity contribution is 9.10. The molecule has 2 N–H and O–H groups in total. The van der Waals surface area contributed by atoms with E-state index in [1.54, 1.807) is 4.68 Å². The van der Waals surface area contributed by atoms with Gasteiger partial charge in [-0.1, -0.05) is 39.7 Å². The van der Waals surface area contributed by atoms with Gasteiger partial charge in [0.05, 0.1) is 6.54 Å². The molecular formula is C14H11BrClN5. The molecule has 0 amide bonds. The van der Waals surface area contributed by atoms with Crippen molar-refractivity contribution in [1.29, 1.82) is 0 Å². The highest BCUT2D eigenvalue weighted by Gasteiger charge is 2.10. The lowest BCUT2D eigenvalue weighted by Crippen LogP contribution is -2.04. The van der Waals surface area contributed by atoms with Crippen LogP contribution in [0.4, 0.5) is 5.69 Å². The van der Waals surface area contributed by atoms with E-state index in [1.807, 2.05) is 42.5 Å². The summed E-state index contributed by atoms with van der Waals surface area (Å²) in [7, 11) is 0. The molecule has 7 heteroatoms. The van der Waals surface area contributed by atoms with E-state index in [4.69, 9.17) is 17.3 Å². The summed E-state index contributed by atoms with van der Waals surface area (Å²) in [5.41, 5.74) is 8.44. The van der Waals surface area contributed by atoms with Gasteiger partial charge >= 0.3 is 0 Å². The molecule has 21 heavy (non-hydrogen) atoms. The van der Waals surface area contributed by atoms with Gasteiger partial charge in [0, 0.05) is 20.7 Å². The predicted molar refractivity (Wildman–Crippen MR) is 85.9 cm³/mol. The maximum absolute atomic E-state index is 5.89. The zero-order valence-corrected chi connectivity index (χ0v) is 13.2. The Morgan fingerprint density at radius 1 is 1.14 bits per heavy atom. The highest BCUT2D eigenvalue weighted by atomic mass is 79.9. The summed E-state index contributed by atoms with van der Waals surface area (Å²) in [4.78, 5) is 0. The van der Waals surface area contributed by atoms with E-state index in [2.05, 4.69) is 31.5 Å². The number of nitrogen functional groups attached to an aromatic ring is 1. The van der Waals surface area contributed by atoms with Crippen LogP contribution in [-0.4, -0.2) is 20.2 Å². The van der Waals surface area contributed by atoms with E-state index >= 15 is 0 Å². The minimum absolute atomic E-state index is 0.561. The zero-order chi connectivity index (χ0) is 14.8. The summed E-state index contributed by atoms with van der Waals surface area (Å²) in [6, 6.07) is 13.2. The lowest BCUT2D eigenvalue weighted by Gasteiger charge is -2.06. The zero-order valence-electron chi connectivity index (χ0n) is 10.9. The van der Waals surface area contributed by atoms with Crippen LogP contribution in [0.25, 0.3) is 11.4 Å². The molecule has 0 saturated carbocycles. The normalized spacial score (nSPS) is 10.8. The average molecular weight is 365 g/mol. The molecule has 1 aromatic heterocycles. The number of hydrogen-bond donors (Lipinski definition) is 1. The van der Waals surface area contributed by atoms with Crippen molar-refractivity contribution in [1.82, 2.24) is 20.2 Å². The summed E-state index contributed by atoms with van der Waals surface area (Å²) in [5.74, 6) is 0.665. The van der Waals surface area contributed by atoms with Crippen LogP contribution >= 0.6 is 27.5 Å². The molecule has 0 bridgehead atoms. The lowest BCUT2D eigenvalue weighted by molar-refractivity contribution is 0.653. The largest absolute Gasteiger partial charge is 0.399 e. The maximum Gasteiger partial charge on any atom is 0.182 e. The van der Waals surface area contributed by atoms with E-state index in [1.165, 1.54) is 0 Å². The number of halogens is 2. The minimum atomic E-state index is 0.561. The second kappa shape index (κ2) is 5.83. The van der Waals surface area contributed by atoms with Gasteiger partial charge in [-0.2, -0.15) is 0 Å². The van der Waals surface area contributed by atoms with Crippen molar-refractivity contribution in [2.75, 3.05) is 5.73 Å². The molecule has 0 aliphatic heterocycles. The maximum atomic E-state index is 5.89. The molecule has 0 aliphatic rings. The van der Waals surface area contributed by atoms with Crippen molar-refractivity contribution < 1.29 is 0 Å². The molecule has 0 radical (unpaired) electrons. The van der Waals surface area contributed by atoms with Crippen molar-refractivity contribution in [2.24, 2.45) is 0 Å². The predicted octanol–water partition coefficient (Wildman–Crippen LogP) is 3.39. The third kappa shape index (κ3) is 3.22. The second-order valence-corrected chi connectivity index (χ2v) is 5.91. The standard InChI is InChI=1S/C14H11BrClN5/c15-11-5-10(6-13(17)7-11)14-18-19-20-21(14)8-9-1-3-12(16)4-2-9/h1-7H,8,17H2. The Balaban J connectivity index is 1.95. The summed E-state index contributed by atoms with van der Waals surface area (Å²) in [6.45, 7) is 0.561. The Morgan fingerprint density at radius 3 is 2.62 bits per heavy atom. The first-order valence-electron chi connectivity index (χ1n) is 6.19. The van der Waals surface area contributed by atoms with Crippen LogP contribution in [-0.2, 0) is 6.54 Å². The second-order valence-electron chi connectivity index (χ2n) is 4.56. The smallest absolute Gasteiger partial charge is 0.182 e. The van der Waals surface area contributed by atoms with Crippen molar-refractivity contribution >= 4 is 33.2 Å². The molecule has 1 heterocycles. The molecule has 0 atom stereocenters. The number of nitrogens with zero attached hydrogens (tertiary/aromatic N) is 4. The average Bonchev–Trinajstić information content (AvgIpc) is 2.88. The molecular weight excluding hydrogens is 354 g/mol. The minimum Gasteiger partial charge on any atom is -0.399 e. The number of nitrogens with two attached hydrogens (primary N) is 1. The third-order valence-corrected chi connectivity index (χ3v) is 3.67. The van der Waals surface area contributed by atoms with E-state index in [-0.39, 0.29) is 0 Å². The third-order valence-electron chi connectivity index (χ3n) is 2.96. The summed E-state index contributed by atoms with van der Waals surface area (Å²) >= 11 is 9.31. The van der Waals surface area contributed by atoms with Gasteiger partial charge in [-0.05, 0) is 46.3 Å². The van der Waals surface area contributed by atoms with Crippen molar-refractivity contribution in [3.8, 4) is 11.4 Å². The van der Waals surface area contributed by atoms with Crippen LogP contribution in [0.5, 0.6) is 0 Å². The van der Waals surface area contributed by atoms with Crippen LogP contribution in [0.2, 0.25) is 5.02 Å². The molecule has 3 rings (SSSR count). The van der Waals surface area contributed by atoms with Crippen molar-refractivity contribution in [3.63, 3.8) is 0 Å². The molecule has 2 aromatic carbocycles. The Hall–Kier alpha value is -1.92. The van der Waals surface area contributed by atoms with Crippen LogP contribution in [0.3, 0.4) is 0 Å². The van der Waals surface area contributed by atoms with Gasteiger partial charge in [0.15, 0.2) is 5.82 Å². The monoisotopic (exact) mass is 363 g/mol. The number of benzene rings is 2. The fourth-order valence-corrected chi connectivity index (χ4v) is 2.66.